The summed E-state index contributed by atoms with van der Waals surface area (Å²) in [5, 5.41) is 12.5. The highest BCUT2D eigenvalue weighted by Gasteiger charge is 2.16. The van der Waals surface area contributed by atoms with Crippen molar-refractivity contribution >= 4 is 64.6 Å². The standard InChI is InChI=1S/C46H28/c1-2-8-29(9-3-1)37-23-19-33-22-27-41-38(24-20-34-21-26-40(37)45(33)46(34)41)31-14-16-32(17-15-31)44-39-13-7-5-11-35(39)28-43-36-12-6-4-10-30(36)18-25-42(43)44/h1-28H/i14D,15D,16D,17D. The highest BCUT2D eigenvalue weighted by Crippen LogP contribution is 2.44. The summed E-state index contributed by atoms with van der Waals surface area (Å²) in [7, 11) is 0. The predicted octanol–water partition coefficient (Wildman–Crippen LogP) is 13.0. The van der Waals surface area contributed by atoms with Crippen LogP contribution in [-0.4, -0.2) is 0 Å². The van der Waals surface area contributed by atoms with Crippen LogP contribution < -0.4 is 0 Å². The van der Waals surface area contributed by atoms with Crippen molar-refractivity contribution in [1.29, 1.82) is 0 Å². The molecule has 0 aliphatic rings. The molecule has 0 saturated heterocycles. The number of hydrogen-bond donors (Lipinski definition) is 0. The molecule has 0 unspecified atom stereocenters. The quantitative estimate of drug-likeness (QED) is 0.143. The summed E-state index contributed by atoms with van der Waals surface area (Å²) in [6, 6.07) is 49.7. The molecule has 46 heavy (non-hydrogen) atoms. The molecule has 0 heterocycles. The van der Waals surface area contributed by atoms with Gasteiger partial charge in [0.15, 0.2) is 0 Å². The molecular weight excluding hydrogens is 553 g/mol. The molecule has 0 bridgehead atoms. The van der Waals surface area contributed by atoms with Gasteiger partial charge in [-0.2, -0.15) is 0 Å². The lowest BCUT2D eigenvalue weighted by Crippen LogP contribution is -1.90. The molecule has 0 spiro atoms. The summed E-state index contributed by atoms with van der Waals surface area (Å²) in [5.74, 6) is 0. The molecule has 10 rings (SSSR count). The summed E-state index contributed by atoms with van der Waals surface area (Å²) in [5.41, 5.74) is 4.38. The van der Waals surface area contributed by atoms with Crippen LogP contribution in [0.4, 0.5) is 0 Å². The van der Waals surface area contributed by atoms with E-state index in [2.05, 4.69) is 103 Å². The molecule has 0 aliphatic carbocycles. The molecule has 0 N–H and O–H groups in total. The summed E-state index contributed by atoms with van der Waals surface area (Å²) >= 11 is 0. The third kappa shape index (κ3) is 3.68. The van der Waals surface area contributed by atoms with Crippen molar-refractivity contribution in [3.63, 3.8) is 0 Å². The Labute approximate surface area is 272 Å². The number of benzene rings is 10. The average molecular weight is 585 g/mol. The van der Waals surface area contributed by atoms with Crippen LogP contribution in [0.5, 0.6) is 0 Å². The van der Waals surface area contributed by atoms with Crippen LogP contribution in [0.2, 0.25) is 0 Å². The Balaban J connectivity index is 1.27. The molecule has 0 aromatic heterocycles. The minimum Gasteiger partial charge on any atom is -0.0622 e. The molecule has 0 atom stereocenters. The maximum atomic E-state index is 9.52. The molecule has 0 radical (unpaired) electrons. The number of fused-ring (bicyclic) bond motifs is 4. The third-order valence-corrected chi connectivity index (χ3v) is 9.66. The van der Waals surface area contributed by atoms with Crippen molar-refractivity contribution in [1.82, 2.24) is 0 Å². The Hall–Kier alpha value is -5.98. The first-order valence-corrected chi connectivity index (χ1v) is 15.7. The zero-order valence-electron chi connectivity index (χ0n) is 28.9. The van der Waals surface area contributed by atoms with E-state index in [0.29, 0.717) is 16.7 Å². The van der Waals surface area contributed by atoms with Crippen LogP contribution in [0.3, 0.4) is 0 Å². The second kappa shape index (κ2) is 9.76. The van der Waals surface area contributed by atoms with E-state index in [0.717, 1.165) is 81.3 Å². The van der Waals surface area contributed by atoms with Gasteiger partial charge in [0.2, 0.25) is 0 Å². The first kappa shape index (κ1) is 21.7. The van der Waals surface area contributed by atoms with E-state index in [1.165, 1.54) is 0 Å². The summed E-state index contributed by atoms with van der Waals surface area (Å²) in [4.78, 5) is 0. The number of rotatable bonds is 3. The van der Waals surface area contributed by atoms with Gasteiger partial charge in [0.25, 0.3) is 0 Å². The van der Waals surface area contributed by atoms with Gasteiger partial charge in [-0.1, -0.05) is 164 Å². The molecule has 0 heteroatoms. The Kier molecular flexibility index (Phi) is 4.60. The van der Waals surface area contributed by atoms with Gasteiger partial charge < -0.3 is 0 Å². The van der Waals surface area contributed by atoms with Crippen LogP contribution in [0.1, 0.15) is 5.48 Å². The monoisotopic (exact) mass is 584 g/mol. The lowest BCUT2D eigenvalue weighted by Gasteiger charge is -2.17. The van der Waals surface area contributed by atoms with Gasteiger partial charge >= 0.3 is 0 Å². The minimum absolute atomic E-state index is 0.0381. The molecule has 0 saturated carbocycles. The predicted molar refractivity (Wildman–Crippen MR) is 199 cm³/mol. The first-order chi connectivity index (χ1) is 24.5. The van der Waals surface area contributed by atoms with E-state index in [1.54, 1.807) is 0 Å². The third-order valence-electron chi connectivity index (χ3n) is 9.66. The maximum Gasteiger partial charge on any atom is 0.0629 e. The Morgan fingerprint density at radius 2 is 0.826 bits per heavy atom. The second-order valence-electron chi connectivity index (χ2n) is 12.1. The van der Waals surface area contributed by atoms with E-state index in [-0.39, 0.29) is 24.2 Å². The number of hydrogen-bond acceptors (Lipinski definition) is 0. The van der Waals surface area contributed by atoms with Crippen molar-refractivity contribution in [3.05, 3.63) is 170 Å². The molecular formula is C46H28. The SMILES string of the molecule is [2H]c1c([2H])c(-c2ccc3ccc4c(-c5ccccc5)ccc5ccc2c3c54)c([2H])c([2H])c1-c1c2ccccc2cc2c1ccc1ccccc12. The zero-order valence-corrected chi connectivity index (χ0v) is 24.9. The zero-order chi connectivity index (χ0) is 33.7. The van der Waals surface area contributed by atoms with Crippen LogP contribution in [-0.2, 0) is 0 Å². The van der Waals surface area contributed by atoms with Crippen LogP contribution >= 0.6 is 0 Å². The fraction of sp³-hybridized carbons (Fsp3) is 0. The average Bonchev–Trinajstić information content (AvgIpc) is 3.16. The van der Waals surface area contributed by atoms with E-state index >= 15 is 0 Å². The molecule has 10 aromatic carbocycles. The summed E-state index contributed by atoms with van der Waals surface area (Å²) in [6.07, 6.45) is 0. The van der Waals surface area contributed by atoms with Gasteiger partial charge in [0.05, 0.1) is 5.48 Å². The maximum absolute atomic E-state index is 9.52. The summed E-state index contributed by atoms with van der Waals surface area (Å²) in [6.45, 7) is 0. The fourth-order valence-corrected chi connectivity index (χ4v) is 7.55. The van der Waals surface area contributed by atoms with E-state index in [1.807, 2.05) is 42.5 Å². The molecule has 10 aromatic rings. The summed E-state index contributed by atoms with van der Waals surface area (Å²) < 4.78 is 38.0. The second-order valence-corrected chi connectivity index (χ2v) is 12.1. The molecule has 0 amide bonds. The van der Waals surface area contributed by atoms with Crippen molar-refractivity contribution in [3.8, 4) is 33.4 Å². The Bertz CT molecular complexity index is 2990. The van der Waals surface area contributed by atoms with Crippen molar-refractivity contribution in [2.24, 2.45) is 0 Å². The Morgan fingerprint density at radius 1 is 0.304 bits per heavy atom. The highest BCUT2D eigenvalue weighted by molar-refractivity contribution is 6.27. The van der Waals surface area contributed by atoms with Crippen molar-refractivity contribution in [2.45, 2.75) is 0 Å². The fourth-order valence-electron chi connectivity index (χ4n) is 7.55. The topological polar surface area (TPSA) is 0 Å². The van der Waals surface area contributed by atoms with Gasteiger partial charge in [-0.3, -0.25) is 0 Å². The van der Waals surface area contributed by atoms with Crippen LogP contribution in [0, 0.1) is 0 Å². The lowest BCUT2D eigenvalue weighted by atomic mass is 9.86. The molecule has 0 fully saturated rings. The van der Waals surface area contributed by atoms with Crippen LogP contribution in [0.25, 0.3) is 98.0 Å². The molecule has 0 aliphatic heterocycles. The van der Waals surface area contributed by atoms with Gasteiger partial charge in [-0.05, 0) is 104 Å². The van der Waals surface area contributed by atoms with Gasteiger partial charge in [-0.25, -0.2) is 0 Å². The lowest BCUT2D eigenvalue weighted by molar-refractivity contribution is 1.64. The normalized spacial score (nSPS) is 13.1. The highest BCUT2D eigenvalue weighted by atomic mass is 14.2. The largest absolute Gasteiger partial charge is 0.0629 e. The van der Waals surface area contributed by atoms with E-state index < -0.39 is 0 Å². The van der Waals surface area contributed by atoms with Crippen LogP contribution in [0.15, 0.2) is 170 Å². The van der Waals surface area contributed by atoms with Gasteiger partial charge in [0, 0.05) is 0 Å². The molecule has 0 nitrogen and oxygen atoms in total. The van der Waals surface area contributed by atoms with Gasteiger partial charge in [0.1, 0.15) is 0 Å². The van der Waals surface area contributed by atoms with E-state index in [4.69, 9.17) is 0 Å². The first-order valence-electron chi connectivity index (χ1n) is 17.7. The smallest absolute Gasteiger partial charge is 0.0622 e. The minimum atomic E-state index is -0.0390. The van der Waals surface area contributed by atoms with Gasteiger partial charge in [-0.15, -0.1) is 0 Å². The van der Waals surface area contributed by atoms with E-state index in [9.17, 15) is 5.48 Å². The Morgan fingerprint density at radius 3 is 1.54 bits per heavy atom. The van der Waals surface area contributed by atoms with Crippen molar-refractivity contribution in [2.75, 3.05) is 0 Å². The molecule has 212 valence electrons. The van der Waals surface area contributed by atoms with Crippen molar-refractivity contribution < 1.29 is 5.48 Å².